The Bertz CT molecular complexity index is 1290. The SMILES string of the molecule is Cc1cccc(N(C)C2N=C(c3ccccc3)c3cc(Cl)ccc3N(CC(=O)C(C)(C)C)C2=O)c1. The minimum absolute atomic E-state index is 0.0353. The molecule has 1 aliphatic rings. The van der Waals surface area contributed by atoms with E-state index in [1.165, 1.54) is 0 Å². The van der Waals surface area contributed by atoms with Crippen LogP contribution in [0, 0.1) is 12.3 Å². The summed E-state index contributed by atoms with van der Waals surface area (Å²) < 4.78 is 0. The summed E-state index contributed by atoms with van der Waals surface area (Å²) in [5.41, 5.74) is 4.23. The Morgan fingerprint density at radius 3 is 2.40 bits per heavy atom. The van der Waals surface area contributed by atoms with Gasteiger partial charge in [0.15, 0.2) is 5.78 Å². The van der Waals surface area contributed by atoms with Crippen LogP contribution in [0.4, 0.5) is 11.4 Å². The molecule has 5 nitrogen and oxygen atoms in total. The first-order valence-corrected chi connectivity index (χ1v) is 12.0. The van der Waals surface area contributed by atoms with E-state index in [1.807, 2.05) is 100 Å². The Balaban J connectivity index is 1.93. The summed E-state index contributed by atoms with van der Waals surface area (Å²) in [4.78, 5) is 35.7. The Morgan fingerprint density at radius 2 is 1.74 bits per heavy atom. The fraction of sp³-hybridized carbons (Fsp3) is 0.276. The summed E-state index contributed by atoms with van der Waals surface area (Å²) in [6, 6.07) is 23.1. The molecule has 1 aliphatic heterocycles. The zero-order valence-electron chi connectivity index (χ0n) is 20.7. The van der Waals surface area contributed by atoms with Gasteiger partial charge in [0.25, 0.3) is 5.91 Å². The van der Waals surface area contributed by atoms with Crippen LogP contribution in [0.2, 0.25) is 5.02 Å². The number of carbonyl (C=O) groups excluding carboxylic acids is 2. The minimum atomic E-state index is -0.869. The van der Waals surface area contributed by atoms with Gasteiger partial charge in [-0.25, -0.2) is 4.99 Å². The molecule has 6 heteroatoms. The third-order valence-electron chi connectivity index (χ3n) is 6.20. The highest BCUT2D eigenvalue weighted by Crippen LogP contribution is 2.33. The summed E-state index contributed by atoms with van der Waals surface area (Å²) in [5.74, 6) is -0.298. The quantitative estimate of drug-likeness (QED) is 0.449. The van der Waals surface area contributed by atoms with E-state index >= 15 is 0 Å². The molecule has 0 saturated heterocycles. The molecule has 4 rings (SSSR count). The Hall–Kier alpha value is -3.44. The highest BCUT2D eigenvalue weighted by Gasteiger charge is 2.37. The van der Waals surface area contributed by atoms with Crippen LogP contribution in [0.5, 0.6) is 0 Å². The normalized spacial score (nSPS) is 15.8. The molecular formula is C29H30ClN3O2. The maximum Gasteiger partial charge on any atom is 0.272 e. The number of hydrogen-bond donors (Lipinski definition) is 0. The number of ketones is 1. The van der Waals surface area contributed by atoms with Crippen molar-refractivity contribution in [2.24, 2.45) is 10.4 Å². The van der Waals surface area contributed by atoms with E-state index < -0.39 is 11.6 Å². The van der Waals surface area contributed by atoms with Gasteiger partial charge in [0.05, 0.1) is 17.9 Å². The smallest absolute Gasteiger partial charge is 0.272 e. The molecule has 0 aromatic heterocycles. The van der Waals surface area contributed by atoms with Crippen LogP contribution >= 0.6 is 11.6 Å². The first-order chi connectivity index (χ1) is 16.6. The maximum absolute atomic E-state index is 14.1. The number of fused-ring (bicyclic) bond motifs is 1. The summed E-state index contributed by atoms with van der Waals surface area (Å²) >= 11 is 6.42. The molecule has 1 atom stereocenters. The van der Waals surface area contributed by atoms with Gasteiger partial charge in [-0.05, 0) is 42.8 Å². The van der Waals surface area contributed by atoms with Crippen molar-refractivity contribution < 1.29 is 9.59 Å². The molecule has 0 spiro atoms. The molecule has 3 aromatic carbocycles. The van der Waals surface area contributed by atoms with Crippen molar-refractivity contribution in [1.82, 2.24) is 0 Å². The van der Waals surface area contributed by atoms with Gasteiger partial charge >= 0.3 is 0 Å². The number of halogens is 1. The Kier molecular flexibility index (Phi) is 6.82. The molecule has 35 heavy (non-hydrogen) atoms. The largest absolute Gasteiger partial charge is 0.345 e. The van der Waals surface area contributed by atoms with E-state index in [-0.39, 0.29) is 18.2 Å². The Labute approximate surface area is 212 Å². The third-order valence-corrected chi connectivity index (χ3v) is 6.44. The molecule has 0 radical (unpaired) electrons. The number of likely N-dealkylation sites (N-methyl/N-ethyl adjacent to an activating group) is 1. The molecule has 1 amide bonds. The number of rotatable bonds is 5. The molecule has 1 heterocycles. The van der Waals surface area contributed by atoms with E-state index in [1.54, 1.807) is 17.0 Å². The molecule has 0 saturated carbocycles. The minimum Gasteiger partial charge on any atom is -0.345 e. The van der Waals surface area contributed by atoms with Gasteiger partial charge in [0.1, 0.15) is 0 Å². The van der Waals surface area contributed by atoms with Gasteiger partial charge in [-0.2, -0.15) is 0 Å². The fourth-order valence-electron chi connectivity index (χ4n) is 4.05. The highest BCUT2D eigenvalue weighted by atomic mass is 35.5. The van der Waals surface area contributed by atoms with Crippen molar-refractivity contribution in [2.75, 3.05) is 23.4 Å². The van der Waals surface area contributed by atoms with Crippen molar-refractivity contribution >= 4 is 40.4 Å². The molecule has 0 N–H and O–H groups in total. The average molecular weight is 488 g/mol. The van der Waals surface area contributed by atoms with Crippen molar-refractivity contribution in [3.63, 3.8) is 0 Å². The number of nitrogens with zero attached hydrogens (tertiary/aromatic N) is 3. The second-order valence-electron chi connectivity index (χ2n) is 9.93. The van der Waals surface area contributed by atoms with Gasteiger partial charge in [-0.15, -0.1) is 0 Å². The number of amides is 1. The van der Waals surface area contributed by atoms with E-state index in [9.17, 15) is 9.59 Å². The molecule has 0 aliphatic carbocycles. The number of Topliss-reactive ketones (excluding diaryl/α,β-unsaturated/α-hetero) is 1. The van der Waals surface area contributed by atoms with Gasteiger partial charge in [-0.1, -0.05) is 74.8 Å². The highest BCUT2D eigenvalue weighted by molar-refractivity contribution is 6.32. The second kappa shape index (κ2) is 9.67. The van der Waals surface area contributed by atoms with Crippen molar-refractivity contribution in [3.8, 4) is 0 Å². The van der Waals surface area contributed by atoms with Crippen LogP contribution in [0.3, 0.4) is 0 Å². The van der Waals surface area contributed by atoms with Crippen LogP contribution in [0.25, 0.3) is 0 Å². The van der Waals surface area contributed by atoms with E-state index in [2.05, 4.69) is 0 Å². The lowest BCUT2D eigenvalue weighted by Gasteiger charge is -2.31. The number of aryl methyl sites for hydroxylation is 1. The zero-order valence-corrected chi connectivity index (χ0v) is 21.5. The summed E-state index contributed by atoms with van der Waals surface area (Å²) in [7, 11) is 1.86. The number of hydrogen-bond acceptors (Lipinski definition) is 4. The van der Waals surface area contributed by atoms with Crippen LogP contribution in [0.15, 0.2) is 77.8 Å². The molecule has 1 unspecified atom stereocenters. The van der Waals surface area contributed by atoms with Crippen LogP contribution in [0.1, 0.15) is 37.5 Å². The Morgan fingerprint density at radius 1 is 1.03 bits per heavy atom. The maximum atomic E-state index is 14.1. The first-order valence-electron chi connectivity index (χ1n) is 11.6. The predicted octanol–water partition coefficient (Wildman–Crippen LogP) is 5.91. The lowest BCUT2D eigenvalue weighted by Crippen LogP contribution is -2.49. The number of anilines is 2. The standard InChI is InChI=1S/C29H30ClN3O2/c1-19-10-9-13-22(16-19)32(5)27-28(35)33(18-25(34)29(2,3)4)24-15-14-21(30)17-23(24)26(31-27)20-11-7-6-8-12-20/h6-17,27H,18H2,1-5H3. The molecular weight excluding hydrogens is 458 g/mol. The van der Waals surface area contributed by atoms with Crippen LogP contribution in [-0.2, 0) is 9.59 Å². The van der Waals surface area contributed by atoms with Gasteiger partial charge in [-0.3, -0.25) is 9.59 Å². The number of carbonyl (C=O) groups is 2. The second-order valence-corrected chi connectivity index (χ2v) is 10.4. The van der Waals surface area contributed by atoms with Gasteiger partial charge < -0.3 is 9.80 Å². The number of aliphatic imine (C=N–C) groups is 1. The topological polar surface area (TPSA) is 53.0 Å². The summed E-state index contributed by atoms with van der Waals surface area (Å²) in [6.45, 7) is 7.55. The average Bonchev–Trinajstić information content (AvgIpc) is 2.93. The first kappa shape index (κ1) is 24.7. The molecule has 3 aromatic rings. The number of benzodiazepines with no additional fused rings is 1. The lowest BCUT2D eigenvalue weighted by atomic mass is 9.90. The molecule has 180 valence electrons. The monoisotopic (exact) mass is 487 g/mol. The van der Waals surface area contributed by atoms with Crippen LogP contribution < -0.4 is 9.80 Å². The van der Waals surface area contributed by atoms with Crippen LogP contribution in [-0.4, -0.2) is 37.2 Å². The fourth-order valence-corrected chi connectivity index (χ4v) is 4.22. The number of benzene rings is 3. The van der Waals surface area contributed by atoms with Gasteiger partial charge in [0.2, 0.25) is 6.17 Å². The summed E-state index contributed by atoms with van der Waals surface area (Å²) in [5, 5.41) is 0.535. The van der Waals surface area contributed by atoms with Gasteiger partial charge in [0, 0.05) is 34.3 Å². The van der Waals surface area contributed by atoms with Crippen molar-refractivity contribution in [1.29, 1.82) is 0 Å². The zero-order chi connectivity index (χ0) is 25.3. The molecule has 0 fully saturated rings. The predicted molar refractivity (Wildman–Crippen MR) is 144 cm³/mol. The lowest BCUT2D eigenvalue weighted by molar-refractivity contribution is -0.127. The third kappa shape index (κ3) is 5.15. The van der Waals surface area contributed by atoms with E-state index in [4.69, 9.17) is 16.6 Å². The molecule has 0 bridgehead atoms. The van der Waals surface area contributed by atoms with E-state index in [0.29, 0.717) is 16.4 Å². The summed E-state index contributed by atoms with van der Waals surface area (Å²) in [6.07, 6.45) is -0.869. The van der Waals surface area contributed by atoms with Crippen molar-refractivity contribution in [2.45, 2.75) is 33.9 Å². The van der Waals surface area contributed by atoms with Crippen molar-refractivity contribution in [3.05, 3.63) is 94.5 Å². The van der Waals surface area contributed by atoms with E-state index in [0.717, 1.165) is 22.4 Å².